The highest BCUT2D eigenvalue weighted by Crippen LogP contribution is 2.43. The molecule has 1 saturated carbocycles. The molecular weight excluding hydrogens is 201 g/mol. The molecule has 1 aliphatic carbocycles. The summed E-state index contributed by atoms with van der Waals surface area (Å²) in [5.41, 5.74) is 5.53. The van der Waals surface area contributed by atoms with Crippen LogP contribution in [-0.4, -0.2) is 24.4 Å². The summed E-state index contributed by atoms with van der Waals surface area (Å²) in [6.07, 6.45) is 4.49. The van der Waals surface area contributed by atoms with Gasteiger partial charge < -0.3 is 15.0 Å². The lowest BCUT2D eigenvalue weighted by molar-refractivity contribution is 0.00578. The third kappa shape index (κ3) is 2.15. The molecule has 3 nitrogen and oxygen atoms in total. The monoisotopic (exact) mass is 225 g/mol. The second-order valence-corrected chi connectivity index (χ2v) is 6.30. The van der Waals surface area contributed by atoms with Gasteiger partial charge in [0, 0.05) is 6.04 Å². The van der Waals surface area contributed by atoms with E-state index in [9.17, 15) is 0 Å². The molecule has 2 fully saturated rings. The van der Waals surface area contributed by atoms with Gasteiger partial charge in [0.25, 0.3) is 0 Å². The van der Waals surface area contributed by atoms with Crippen LogP contribution < -0.4 is 5.73 Å². The van der Waals surface area contributed by atoms with Crippen LogP contribution in [-0.2, 0) is 9.31 Å². The largest absolute Gasteiger partial charge is 0.461 e. The topological polar surface area (TPSA) is 44.5 Å². The van der Waals surface area contributed by atoms with Crippen LogP contribution in [0.1, 0.15) is 53.4 Å². The molecule has 0 spiro atoms. The molecule has 0 bridgehead atoms. The first-order chi connectivity index (χ1) is 7.32. The number of hydrogen-bond donors (Lipinski definition) is 1. The van der Waals surface area contributed by atoms with E-state index in [-0.39, 0.29) is 18.3 Å². The SMILES string of the molecule is CC1(C)OB(C2CCC(N)CC2)OC1(C)C. The zero-order chi connectivity index (χ0) is 12.0. The van der Waals surface area contributed by atoms with Crippen molar-refractivity contribution in [1.82, 2.24) is 0 Å². The molecule has 1 heterocycles. The molecular formula is C12H24BNO2. The first-order valence-corrected chi connectivity index (χ1v) is 6.43. The van der Waals surface area contributed by atoms with E-state index >= 15 is 0 Å². The predicted octanol–water partition coefficient (Wildman–Crippen LogP) is 2.35. The molecule has 2 N–H and O–H groups in total. The van der Waals surface area contributed by atoms with Crippen LogP contribution in [0.3, 0.4) is 0 Å². The van der Waals surface area contributed by atoms with Gasteiger partial charge in [0.1, 0.15) is 0 Å². The van der Waals surface area contributed by atoms with Crippen LogP contribution in [0.25, 0.3) is 0 Å². The summed E-state index contributed by atoms with van der Waals surface area (Å²) < 4.78 is 12.2. The van der Waals surface area contributed by atoms with E-state index < -0.39 is 0 Å². The standard InChI is InChI=1S/C12H24BNO2/c1-11(2)12(3,4)16-13(15-11)9-5-7-10(14)8-6-9/h9-10H,5-8,14H2,1-4H3. The summed E-state index contributed by atoms with van der Waals surface area (Å²) in [6, 6.07) is 0.388. The molecule has 0 aromatic rings. The van der Waals surface area contributed by atoms with Crippen LogP contribution in [0.5, 0.6) is 0 Å². The summed E-state index contributed by atoms with van der Waals surface area (Å²) in [6.45, 7) is 8.45. The summed E-state index contributed by atoms with van der Waals surface area (Å²) in [5, 5.41) is 0. The molecule has 0 unspecified atom stereocenters. The Morgan fingerprint density at radius 3 is 1.81 bits per heavy atom. The van der Waals surface area contributed by atoms with Gasteiger partial charge in [-0.1, -0.05) is 12.8 Å². The third-order valence-corrected chi connectivity index (χ3v) is 4.47. The highest BCUT2D eigenvalue weighted by atomic mass is 16.7. The normalized spacial score (nSPS) is 37.7. The average molecular weight is 225 g/mol. The fourth-order valence-electron chi connectivity index (χ4n) is 2.50. The lowest BCUT2D eigenvalue weighted by Gasteiger charge is -2.32. The Hall–Kier alpha value is -0.0551. The molecule has 16 heavy (non-hydrogen) atoms. The van der Waals surface area contributed by atoms with E-state index in [1.54, 1.807) is 0 Å². The third-order valence-electron chi connectivity index (χ3n) is 4.47. The smallest absolute Gasteiger partial charge is 0.403 e. The minimum Gasteiger partial charge on any atom is -0.403 e. The lowest BCUT2D eigenvalue weighted by Crippen LogP contribution is -2.41. The second-order valence-electron chi connectivity index (χ2n) is 6.30. The summed E-state index contributed by atoms with van der Waals surface area (Å²) in [5.74, 6) is 0.529. The van der Waals surface area contributed by atoms with Gasteiger partial charge in [0.2, 0.25) is 0 Å². The van der Waals surface area contributed by atoms with Crippen molar-refractivity contribution < 1.29 is 9.31 Å². The van der Waals surface area contributed by atoms with Gasteiger partial charge in [0.15, 0.2) is 0 Å². The van der Waals surface area contributed by atoms with Gasteiger partial charge in [-0.05, 0) is 46.4 Å². The molecule has 0 aromatic carbocycles. The van der Waals surface area contributed by atoms with E-state index in [1.807, 2.05) is 0 Å². The van der Waals surface area contributed by atoms with Crippen molar-refractivity contribution in [1.29, 1.82) is 0 Å². The zero-order valence-electron chi connectivity index (χ0n) is 11.0. The highest BCUT2D eigenvalue weighted by Gasteiger charge is 2.53. The maximum atomic E-state index is 6.08. The first kappa shape index (κ1) is 12.4. The van der Waals surface area contributed by atoms with E-state index in [4.69, 9.17) is 15.0 Å². The van der Waals surface area contributed by atoms with Crippen LogP contribution >= 0.6 is 0 Å². The Labute approximate surface area is 99.2 Å². The van der Waals surface area contributed by atoms with Crippen molar-refractivity contribution in [3.63, 3.8) is 0 Å². The molecule has 0 aromatic heterocycles. The number of rotatable bonds is 1. The minimum atomic E-state index is -0.197. The van der Waals surface area contributed by atoms with Crippen LogP contribution in [0.4, 0.5) is 0 Å². The maximum absolute atomic E-state index is 6.08. The van der Waals surface area contributed by atoms with E-state index in [0.29, 0.717) is 11.9 Å². The fourth-order valence-corrected chi connectivity index (χ4v) is 2.50. The molecule has 0 amide bonds. The Morgan fingerprint density at radius 1 is 0.938 bits per heavy atom. The molecule has 0 atom stereocenters. The quantitative estimate of drug-likeness (QED) is 0.696. The van der Waals surface area contributed by atoms with Crippen LogP contribution in [0.15, 0.2) is 0 Å². The van der Waals surface area contributed by atoms with Crippen molar-refractivity contribution in [3.05, 3.63) is 0 Å². The molecule has 2 aliphatic rings. The molecule has 1 aliphatic heterocycles. The van der Waals surface area contributed by atoms with E-state index in [1.165, 1.54) is 0 Å². The fraction of sp³-hybridized carbons (Fsp3) is 1.00. The van der Waals surface area contributed by atoms with Gasteiger partial charge in [-0.3, -0.25) is 0 Å². The Balaban J connectivity index is 1.98. The summed E-state index contributed by atoms with van der Waals surface area (Å²) in [7, 11) is -0.0301. The van der Waals surface area contributed by atoms with Gasteiger partial charge in [-0.25, -0.2) is 0 Å². The predicted molar refractivity (Wildman–Crippen MR) is 66.3 cm³/mol. The molecule has 1 saturated heterocycles. The Bertz CT molecular complexity index is 244. The number of hydrogen-bond acceptors (Lipinski definition) is 3. The van der Waals surface area contributed by atoms with Crippen molar-refractivity contribution in [2.24, 2.45) is 5.73 Å². The van der Waals surface area contributed by atoms with Crippen molar-refractivity contribution in [2.75, 3.05) is 0 Å². The van der Waals surface area contributed by atoms with Gasteiger partial charge in [-0.2, -0.15) is 0 Å². The van der Waals surface area contributed by atoms with Crippen molar-refractivity contribution >= 4 is 7.12 Å². The van der Waals surface area contributed by atoms with Gasteiger partial charge in [0.05, 0.1) is 11.2 Å². The van der Waals surface area contributed by atoms with Crippen LogP contribution in [0, 0.1) is 0 Å². The van der Waals surface area contributed by atoms with E-state index in [2.05, 4.69) is 27.7 Å². The maximum Gasteiger partial charge on any atom is 0.461 e. The summed E-state index contributed by atoms with van der Waals surface area (Å²) >= 11 is 0. The van der Waals surface area contributed by atoms with E-state index in [0.717, 1.165) is 25.7 Å². The lowest BCUT2D eigenvalue weighted by atomic mass is 9.64. The Kier molecular flexibility index (Phi) is 3.10. The molecule has 2 rings (SSSR count). The zero-order valence-corrected chi connectivity index (χ0v) is 11.0. The second kappa shape index (κ2) is 4.00. The highest BCUT2D eigenvalue weighted by molar-refractivity contribution is 6.47. The van der Waals surface area contributed by atoms with Crippen molar-refractivity contribution in [3.8, 4) is 0 Å². The molecule has 4 heteroatoms. The molecule has 92 valence electrons. The average Bonchev–Trinajstić information content (AvgIpc) is 2.37. The Morgan fingerprint density at radius 2 is 1.38 bits per heavy atom. The summed E-state index contributed by atoms with van der Waals surface area (Å²) in [4.78, 5) is 0. The first-order valence-electron chi connectivity index (χ1n) is 6.43. The van der Waals surface area contributed by atoms with Crippen LogP contribution in [0.2, 0.25) is 5.82 Å². The van der Waals surface area contributed by atoms with Gasteiger partial charge in [-0.15, -0.1) is 0 Å². The number of nitrogens with two attached hydrogens (primary N) is 1. The minimum absolute atomic E-state index is 0.0301. The van der Waals surface area contributed by atoms with Gasteiger partial charge >= 0.3 is 7.12 Å². The molecule has 0 radical (unpaired) electrons. The van der Waals surface area contributed by atoms with Crippen molar-refractivity contribution in [2.45, 2.75) is 76.4 Å².